The summed E-state index contributed by atoms with van der Waals surface area (Å²) in [4.78, 5) is 25.0. The van der Waals surface area contributed by atoms with Crippen LogP contribution in [-0.2, 0) is 9.47 Å². The van der Waals surface area contributed by atoms with Crippen LogP contribution in [0.2, 0.25) is 0 Å². The molecule has 0 unspecified atom stereocenters. The molecule has 2 amide bonds. The standard InChI is InChI=1S/C22H28N2O5/c1-3-28-15-16-29-18-11-9-17(10-12-18)21(25)24-20-8-5-4-7-19(20)22(26)23-13-6-14-27-2/h4-5,7-12H,3,6,13-16H2,1-2H3,(H,23,26)(H,24,25). The van der Waals surface area contributed by atoms with Gasteiger partial charge in [-0.15, -0.1) is 0 Å². The van der Waals surface area contributed by atoms with Crippen molar-refractivity contribution in [1.29, 1.82) is 0 Å². The SMILES string of the molecule is CCOCCOc1ccc(C(=O)Nc2ccccc2C(=O)NCCCOC)cc1. The van der Waals surface area contributed by atoms with Crippen LogP contribution in [-0.4, -0.2) is 51.9 Å². The predicted molar refractivity (Wildman–Crippen MR) is 112 cm³/mol. The molecular weight excluding hydrogens is 372 g/mol. The Morgan fingerprint density at radius 1 is 0.931 bits per heavy atom. The first-order chi connectivity index (χ1) is 14.2. The predicted octanol–water partition coefficient (Wildman–Crippen LogP) is 3.12. The van der Waals surface area contributed by atoms with Gasteiger partial charge in [0.15, 0.2) is 0 Å². The van der Waals surface area contributed by atoms with E-state index in [0.717, 1.165) is 6.42 Å². The second kappa shape index (κ2) is 12.5. The van der Waals surface area contributed by atoms with Crippen LogP contribution in [0.1, 0.15) is 34.1 Å². The third-order valence-corrected chi connectivity index (χ3v) is 4.05. The molecule has 0 saturated carbocycles. The fourth-order valence-electron chi connectivity index (χ4n) is 2.56. The molecule has 156 valence electrons. The van der Waals surface area contributed by atoms with Gasteiger partial charge in [-0.25, -0.2) is 0 Å². The van der Waals surface area contributed by atoms with Crippen LogP contribution in [0.25, 0.3) is 0 Å². The van der Waals surface area contributed by atoms with E-state index in [9.17, 15) is 9.59 Å². The van der Waals surface area contributed by atoms with Crippen molar-refractivity contribution < 1.29 is 23.8 Å². The Balaban J connectivity index is 1.95. The van der Waals surface area contributed by atoms with Crippen LogP contribution in [0.3, 0.4) is 0 Å². The maximum atomic E-state index is 12.6. The van der Waals surface area contributed by atoms with E-state index in [2.05, 4.69) is 10.6 Å². The highest BCUT2D eigenvalue weighted by molar-refractivity contribution is 6.09. The van der Waals surface area contributed by atoms with Gasteiger partial charge >= 0.3 is 0 Å². The number of carbonyl (C=O) groups excluding carboxylic acids is 2. The number of ether oxygens (including phenoxy) is 3. The normalized spacial score (nSPS) is 10.4. The molecular formula is C22H28N2O5. The first kappa shape index (κ1) is 22.4. The Labute approximate surface area is 171 Å². The molecule has 0 aliphatic heterocycles. The molecule has 0 atom stereocenters. The van der Waals surface area contributed by atoms with E-state index < -0.39 is 0 Å². The monoisotopic (exact) mass is 400 g/mol. The van der Waals surface area contributed by atoms with Gasteiger partial charge in [-0.05, 0) is 49.7 Å². The van der Waals surface area contributed by atoms with E-state index in [1.165, 1.54) is 0 Å². The number of nitrogens with one attached hydrogen (secondary N) is 2. The third-order valence-electron chi connectivity index (χ3n) is 4.05. The number of anilines is 1. The molecule has 0 aliphatic rings. The van der Waals surface area contributed by atoms with Gasteiger partial charge in [-0.1, -0.05) is 12.1 Å². The number of rotatable bonds is 12. The molecule has 0 radical (unpaired) electrons. The number of hydrogen-bond acceptors (Lipinski definition) is 5. The number of methoxy groups -OCH3 is 1. The largest absolute Gasteiger partial charge is 0.491 e. The van der Waals surface area contributed by atoms with Gasteiger partial charge in [-0.3, -0.25) is 9.59 Å². The highest BCUT2D eigenvalue weighted by Crippen LogP contribution is 2.18. The van der Waals surface area contributed by atoms with Crippen molar-refractivity contribution in [3.05, 3.63) is 59.7 Å². The first-order valence-electron chi connectivity index (χ1n) is 9.63. The molecule has 0 heterocycles. The van der Waals surface area contributed by atoms with Gasteiger partial charge in [0, 0.05) is 32.4 Å². The van der Waals surface area contributed by atoms with Gasteiger partial charge in [0.05, 0.1) is 17.9 Å². The molecule has 2 aromatic rings. The summed E-state index contributed by atoms with van der Waals surface area (Å²) in [7, 11) is 1.62. The lowest BCUT2D eigenvalue weighted by Crippen LogP contribution is -2.26. The summed E-state index contributed by atoms with van der Waals surface area (Å²) in [5.74, 6) is 0.123. The second-order valence-electron chi connectivity index (χ2n) is 6.17. The summed E-state index contributed by atoms with van der Waals surface area (Å²) in [6.07, 6.45) is 0.718. The molecule has 7 nitrogen and oxygen atoms in total. The van der Waals surface area contributed by atoms with Crippen LogP contribution in [0, 0.1) is 0 Å². The van der Waals surface area contributed by atoms with Crippen molar-refractivity contribution in [3.8, 4) is 5.75 Å². The molecule has 0 saturated heterocycles. The maximum Gasteiger partial charge on any atom is 0.255 e. The Kier molecular flexibility index (Phi) is 9.68. The van der Waals surface area contributed by atoms with Gasteiger partial charge in [-0.2, -0.15) is 0 Å². The number of carbonyl (C=O) groups is 2. The summed E-state index contributed by atoms with van der Waals surface area (Å²) >= 11 is 0. The number of para-hydroxylation sites is 1. The lowest BCUT2D eigenvalue weighted by molar-refractivity contribution is 0.0949. The number of hydrogen-bond donors (Lipinski definition) is 2. The van der Waals surface area contributed by atoms with Crippen LogP contribution in [0.4, 0.5) is 5.69 Å². The molecule has 0 aliphatic carbocycles. The van der Waals surface area contributed by atoms with Gasteiger partial charge in [0.25, 0.3) is 11.8 Å². The van der Waals surface area contributed by atoms with Gasteiger partial charge in [0.1, 0.15) is 12.4 Å². The maximum absolute atomic E-state index is 12.6. The highest BCUT2D eigenvalue weighted by Gasteiger charge is 2.14. The van der Waals surface area contributed by atoms with Crippen molar-refractivity contribution in [2.24, 2.45) is 0 Å². The van der Waals surface area contributed by atoms with Crippen LogP contribution < -0.4 is 15.4 Å². The molecule has 0 fully saturated rings. The Morgan fingerprint density at radius 3 is 2.41 bits per heavy atom. The van der Waals surface area contributed by atoms with Crippen molar-refractivity contribution in [1.82, 2.24) is 5.32 Å². The Morgan fingerprint density at radius 2 is 1.69 bits per heavy atom. The Bertz CT molecular complexity index is 777. The zero-order chi connectivity index (χ0) is 20.9. The minimum absolute atomic E-state index is 0.241. The summed E-state index contributed by atoms with van der Waals surface area (Å²) < 4.78 is 15.7. The zero-order valence-electron chi connectivity index (χ0n) is 16.9. The smallest absolute Gasteiger partial charge is 0.255 e. The van der Waals surface area contributed by atoms with E-state index in [4.69, 9.17) is 14.2 Å². The number of amides is 2. The van der Waals surface area contributed by atoms with Crippen molar-refractivity contribution in [3.63, 3.8) is 0 Å². The van der Waals surface area contributed by atoms with Crippen molar-refractivity contribution >= 4 is 17.5 Å². The van der Waals surface area contributed by atoms with E-state index in [1.54, 1.807) is 55.6 Å². The zero-order valence-corrected chi connectivity index (χ0v) is 16.9. The lowest BCUT2D eigenvalue weighted by Gasteiger charge is -2.12. The Hall–Kier alpha value is -2.90. The molecule has 2 aromatic carbocycles. The summed E-state index contributed by atoms with van der Waals surface area (Å²) in [5.41, 5.74) is 1.34. The summed E-state index contributed by atoms with van der Waals surface area (Å²) in [6, 6.07) is 13.7. The van der Waals surface area contributed by atoms with Crippen LogP contribution in [0.5, 0.6) is 5.75 Å². The molecule has 0 spiro atoms. The van der Waals surface area contributed by atoms with Crippen molar-refractivity contribution in [2.45, 2.75) is 13.3 Å². The fourth-order valence-corrected chi connectivity index (χ4v) is 2.56. The molecule has 2 N–H and O–H groups in total. The van der Waals surface area contributed by atoms with E-state index in [1.807, 2.05) is 6.92 Å². The second-order valence-corrected chi connectivity index (χ2v) is 6.17. The van der Waals surface area contributed by atoms with E-state index in [-0.39, 0.29) is 11.8 Å². The molecule has 0 aromatic heterocycles. The quantitative estimate of drug-likeness (QED) is 0.535. The highest BCUT2D eigenvalue weighted by atomic mass is 16.5. The lowest BCUT2D eigenvalue weighted by atomic mass is 10.1. The molecule has 2 rings (SSSR count). The minimum atomic E-state index is -0.300. The van der Waals surface area contributed by atoms with Gasteiger partial charge < -0.3 is 24.8 Å². The number of benzene rings is 2. The average Bonchev–Trinajstić information content (AvgIpc) is 2.75. The van der Waals surface area contributed by atoms with Crippen LogP contribution in [0.15, 0.2) is 48.5 Å². The third kappa shape index (κ3) is 7.56. The molecule has 29 heavy (non-hydrogen) atoms. The summed E-state index contributed by atoms with van der Waals surface area (Å²) in [6.45, 7) is 4.62. The topological polar surface area (TPSA) is 85.9 Å². The fraction of sp³-hybridized carbons (Fsp3) is 0.364. The minimum Gasteiger partial charge on any atom is -0.491 e. The van der Waals surface area contributed by atoms with Crippen molar-refractivity contribution in [2.75, 3.05) is 45.4 Å². The average molecular weight is 400 g/mol. The first-order valence-corrected chi connectivity index (χ1v) is 9.63. The van der Waals surface area contributed by atoms with E-state index >= 15 is 0 Å². The summed E-state index contributed by atoms with van der Waals surface area (Å²) in [5, 5.41) is 5.63. The van der Waals surface area contributed by atoms with Gasteiger partial charge in [0.2, 0.25) is 0 Å². The van der Waals surface area contributed by atoms with E-state index in [0.29, 0.717) is 55.5 Å². The molecule has 0 bridgehead atoms. The van der Waals surface area contributed by atoms with Crippen LogP contribution >= 0.6 is 0 Å². The molecule has 7 heteroatoms.